The first-order valence-corrected chi connectivity index (χ1v) is 8.16. The Kier molecular flexibility index (Phi) is 3.22. The topological polar surface area (TPSA) is 29.5 Å². The molecular formula is C14H22BrNO2. The van der Waals surface area contributed by atoms with Gasteiger partial charge >= 0.3 is 0 Å². The highest BCUT2D eigenvalue weighted by molar-refractivity contribution is 9.09. The molecular weight excluding hydrogens is 294 g/mol. The Hall–Kier alpha value is -0.0900. The molecule has 0 N–H and O–H groups in total. The van der Waals surface area contributed by atoms with E-state index in [9.17, 15) is 4.79 Å². The van der Waals surface area contributed by atoms with Gasteiger partial charge in [0.05, 0.1) is 11.7 Å². The van der Waals surface area contributed by atoms with Crippen LogP contribution in [0.4, 0.5) is 0 Å². The number of ether oxygens (including phenoxy) is 1. The lowest BCUT2D eigenvalue weighted by Gasteiger charge is -2.42. The molecule has 4 heteroatoms. The van der Waals surface area contributed by atoms with E-state index >= 15 is 0 Å². The second-order valence-corrected chi connectivity index (χ2v) is 7.30. The third kappa shape index (κ3) is 2.22. The van der Waals surface area contributed by atoms with Crippen molar-refractivity contribution in [3.05, 3.63) is 0 Å². The van der Waals surface area contributed by atoms with Crippen LogP contribution in [0.2, 0.25) is 0 Å². The first-order chi connectivity index (χ1) is 8.52. The van der Waals surface area contributed by atoms with Crippen LogP contribution < -0.4 is 0 Å². The van der Waals surface area contributed by atoms with Crippen molar-refractivity contribution in [1.29, 1.82) is 0 Å². The monoisotopic (exact) mass is 315 g/mol. The summed E-state index contributed by atoms with van der Waals surface area (Å²) in [5, 5.41) is 0.803. The van der Waals surface area contributed by atoms with Gasteiger partial charge in [-0.1, -0.05) is 22.4 Å². The fourth-order valence-electron chi connectivity index (χ4n) is 3.94. The van der Waals surface area contributed by atoms with Gasteiger partial charge in [-0.15, -0.1) is 0 Å². The number of rotatable bonds is 2. The van der Waals surface area contributed by atoms with Crippen molar-refractivity contribution in [2.75, 3.05) is 18.4 Å². The lowest BCUT2D eigenvalue weighted by Crippen LogP contribution is -2.55. The summed E-state index contributed by atoms with van der Waals surface area (Å²) in [5.74, 6) is 2.17. The predicted octanol–water partition coefficient (Wildman–Crippen LogP) is 2.43. The molecule has 0 bridgehead atoms. The fourth-order valence-corrected chi connectivity index (χ4v) is 4.28. The average Bonchev–Trinajstić information content (AvgIpc) is 2.78. The molecule has 1 heterocycles. The zero-order chi connectivity index (χ0) is 12.9. The number of hydrogen-bond donors (Lipinski definition) is 0. The lowest BCUT2D eigenvalue weighted by atomic mass is 10.0. The van der Waals surface area contributed by atoms with Crippen molar-refractivity contribution in [2.45, 2.75) is 44.8 Å². The molecule has 2 aliphatic carbocycles. The maximum Gasteiger partial charge on any atom is 0.226 e. The summed E-state index contributed by atoms with van der Waals surface area (Å²) in [5.41, 5.74) is -0.212. The van der Waals surface area contributed by atoms with Gasteiger partial charge in [0.1, 0.15) is 0 Å². The molecule has 3 atom stereocenters. The van der Waals surface area contributed by atoms with Gasteiger partial charge in [0.15, 0.2) is 0 Å². The zero-order valence-electron chi connectivity index (χ0n) is 11.2. The molecule has 3 aliphatic rings. The molecule has 3 rings (SSSR count). The van der Waals surface area contributed by atoms with Crippen molar-refractivity contribution in [3.8, 4) is 0 Å². The highest BCUT2D eigenvalue weighted by atomic mass is 79.9. The Labute approximate surface area is 117 Å². The molecule has 0 spiro atoms. The molecule has 1 amide bonds. The number of amides is 1. The van der Waals surface area contributed by atoms with Crippen LogP contribution in [0.3, 0.4) is 0 Å². The summed E-state index contributed by atoms with van der Waals surface area (Å²) < 4.78 is 5.96. The van der Waals surface area contributed by atoms with E-state index in [4.69, 9.17) is 4.74 Å². The number of hydrogen-bond acceptors (Lipinski definition) is 2. The van der Waals surface area contributed by atoms with Gasteiger partial charge in [-0.05, 0) is 38.5 Å². The summed E-state index contributed by atoms with van der Waals surface area (Å²) >= 11 is 3.48. The summed E-state index contributed by atoms with van der Waals surface area (Å²) in [6.45, 7) is 5.65. The summed E-state index contributed by atoms with van der Waals surface area (Å²) in [4.78, 5) is 14.6. The minimum atomic E-state index is -0.212. The van der Waals surface area contributed by atoms with Gasteiger partial charge in [0.2, 0.25) is 5.91 Å². The van der Waals surface area contributed by atoms with E-state index in [0.717, 1.165) is 18.4 Å². The second-order valence-electron chi connectivity index (χ2n) is 6.66. The third-order valence-electron chi connectivity index (χ3n) is 4.66. The summed E-state index contributed by atoms with van der Waals surface area (Å²) in [7, 11) is 0. The largest absolute Gasteiger partial charge is 0.368 e. The molecule has 18 heavy (non-hydrogen) atoms. The molecule has 1 saturated heterocycles. The van der Waals surface area contributed by atoms with Crippen LogP contribution in [0.15, 0.2) is 0 Å². The summed E-state index contributed by atoms with van der Waals surface area (Å²) in [6, 6.07) is 0. The first-order valence-electron chi connectivity index (χ1n) is 7.04. The van der Waals surface area contributed by atoms with Crippen LogP contribution >= 0.6 is 15.9 Å². The highest BCUT2D eigenvalue weighted by Gasteiger charge is 2.58. The maximum absolute atomic E-state index is 12.6. The van der Waals surface area contributed by atoms with E-state index in [1.54, 1.807) is 0 Å². The van der Waals surface area contributed by atoms with Crippen LogP contribution in [0.5, 0.6) is 0 Å². The van der Waals surface area contributed by atoms with Gasteiger partial charge in [0, 0.05) is 24.3 Å². The minimum absolute atomic E-state index is 0.135. The van der Waals surface area contributed by atoms with Crippen molar-refractivity contribution >= 4 is 21.8 Å². The molecule has 2 saturated carbocycles. The van der Waals surface area contributed by atoms with E-state index in [-0.39, 0.29) is 11.7 Å². The number of carbonyl (C=O) groups excluding carboxylic acids is 1. The quantitative estimate of drug-likeness (QED) is 0.732. The van der Waals surface area contributed by atoms with Crippen molar-refractivity contribution in [2.24, 2.45) is 17.8 Å². The standard InChI is InChI=1S/C14H22BrNO2/c1-14(2)8-16(7-9(6-15)18-14)13(17)12-10-4-3-5-11(10)12/h9-12H,3-8H2,1-2H3. The molecule has 3 fully saturated rings. The fraction of sp³-hybridized carbons (Fsp3) is 0.929. The first kappa shape index (κ1) is 12.9. The Morgan fingerprint density at radius 1 is 1.39 bits per heavy atom. The SMILES string of the molecule is CC1(C)CN(C(=O)C2C3CCCC32)CC(CBr)O1. The van der Waals surface area contributed by atoms with Crippen LogP contribution in [0.1, 0.15) is 33.1 Å². The Bertz CT molecular complexity index is 348. The molecule has 0 aromatic carbocycles. The number of alkyl halides is 1. The van der Waals surface area contributed by atoms with Gasteiger partial charge in [0.25, 0.3) is 0 Å². The molecule has 0 aromatic rings. The zero-order valence-corrected chi connectivity index (χ0v) is 12.8. The number of fused-ring (bicyclic) bond motifs is 1. The normalized spacial score (nSPS) is 41.6. The second kappa shape index (κ2) is 4.48. The Morgan fingerprint density at radius 2 is 2.06 bits per heavy atom. The van der Waals surface area contributed by atoms with Crippen molar-refractivity contribution < 1.29 is 9.53 Å². The van der Waals surface area contributed by atoms with E-state index in [1.807, 2.05) is 0 Å². The van der Waals surface area contributed by atoms with Gasteiger partial charge in [-0.3, -0.25) is 4.79 Å². The van der Waals surface area contributed by atoms with E-state index in [1.165, 1.54) is 19.3 Å². The van der Waals surface area contributed by atoms with Crippen LogP contribution in [0.25, 0.3) is 0 Å². The number of carbonyl (C=O) groups is 1. The molecule has 102 valence electrons. The number of nitrogens with zero attached hydrogens (tertiary/aromatic N) is 1. The van der Waals surface area contributed by atoms with Crippen LogP contribution in [-0.4, -0.2) is 40.9 Å². The molecule has 0 radical (unpaired) electrons. The predicted molar refractivity (Wildman–Crippen MR) is 73.6 cm³/mol. The molecule has 3 unspecified atom stereocenters. The van der Waals surface area contributed by atoms with E-state index in [0.29, 0.717) is 23.7 Å². The Balaban J connectivity index is 1.66. The molecule has 0 aromatic heterocycles. The van der Waals surface area contributed by atoms with Gasteiger partial charge in [-0.2, -0.15) is 0 Å². The van der Waals surface area contributed by atoms with E-state index < -0.39 is 0 Å². The number of halogens is 1. The third-order valence-corrected chi connectivity index (χ3v) is 5.38. The summed E-state index contributed by atoms with van der Waals surface area (Å²) in [6.07, 6.45) is 4.02. The average molecular weight is 316 g/mol. The number of morpholine rings is 1. The highest BCUT2D eigenvalue weighted by Crippen LogP contribution is 2.58. The van der Waals surface area contributed by atoms with Gasteiger partial charge < -0.3 is 9.64 Å². The van der Waals surface area contributed by atoms with E-state index in [2.05, 4.69) is 34.7 Å². The molecule has 1 aliphatic heterocycles. The molecule has 3 nitrogen and oxygen atoms in total. The van der Waals surface area contributed by atoms with Crippen molar-refractivity contribution in [1.82, 2.24) is 4.90 Å². The van der Waals surface area contributed by atoms with Crippen LogP contribution in [0, 0.1) is 17.8 Å². The van der Waals surface area contributed by atoms with Gasteiger partial charge in [-0.25, -0.2) is 0 Å². The lowest BCUT2D eigenvalue weighted by molar-refractivity contribution is -0.159. The minimum Gasteiger partial charge on any atom is -0.368 e. The Morgan fingerprint density at radius 3 is 2.67 bits per heavy atom. The smallest absolute Gasteiger partial charge is 0.226 e. The van der Waals surface area contributed by atoms with Crippen molar-refractivity contribution in [3.63, 3.8) is 0 Å². The van der Waals surface area contributed by atoms with Crippen LogP contribution in [-0.2, 0) is 9.53 Å². The maximum atomic E-state index is 12.6.